The second-order valence-corrected chi connectivity index (χ2v) is 3.77. The zero-order valence-corrected chi connectivity index (χ0v) is 9.56. The van der Waals surface area contributed by atoms with Crippen molar-refractivity contribution in [3.63, 3.8) is 0 Å². The topological polar surface area (TPSA) is 55.7 Å². The van der Waals surface area contributed by atoms with Gasteiger partial charge in [0.05, 0.1) is 5.69 Å². The summed E-state index contributed by atoms with van der Waals surface area (Å²) in [5.74, 6) is -0.0839. The first kappa shape index (κ1) is 11.3. The Hall–Kier alpha value is -2.23. The molecule has 0 aromatic heterocycles. The number of Topliss-reactive ketones (excluding diaryl/α,β-unsaturated/α-hetero) is 1. The van der Waals surface area contributed by atoms with Gasteiger partial charge in [-0.2, -0.15) is 0 Å². The van der Waals surface area contributed by atoms with Crippen LogP contribution in [0.2, 0.25) is 0 Å². The van der Waals surface area contributed by atoms with Gasteiger partial charge >= 0.3 is 5.97 Å². The Balaban J connectivity index is 2.23. The van der Waals surface area contributed by atoms with E-state index >= 15 is 0 Å². The Morgan fingerprint density at radius 1 is 1.24 bits per heavy atom. The van der Waals surface area contributed by atoms with E-state index in [2.05, 4.69) is 4.99 Å². The summed E-state index contributed by atoms with van der Waals surface area (Å²) in [6, 6.07) is 6.79. The highest BCUT2D eigenvalue weighted by Crippen LogP contribution is 2.17. The van der Waals surface area contributed by atoms with Gasteiger partial charge < -0.3 is 4.74 Å². The van der Waals surface area contributed by atoms with Gasteiger partial charge in [-0.3, -0.25) is 4.79 Å². The number of benzene rings is 1. The number of hydrogen-bond acceptors (Lipinski definition) is 4. The third-order valence-corrected chi connectivity index (χ3v) is 2.37. The largest absolute Gasteiger partial charge is 0.404 e. The van der Waals surface area contributed by atoms with Crippen molar-refractivity contribution in [2.45, 2.75) is 13.8 Å². The van der Waals surface area contributed by atoms with Crippen LogP contribution in [0, 0.1) is 0 Å². The molecule has 4 nitrogen and oxygen atoms in total. The molecule has 1 aliphatic heterocycles. The lowest BCUT2D eigenvalue weighted by Crippen LogP contribution is -2.00. The summed E-state index contributed by atoms with van der Waals surface area (Å²) in [6.07, 6.45) is 1.58. The van der Waals surface area contributed by atoms with Crippen molar-refractivity contribution in [3.8, 4) is 0 Å². The van der Waals surface area contributed by atoms with Crippen molar-refractivity contribution in [2.24, 2.45) is 4.99 Å². The molecule has 86 valence electrons. The van der Waals surface area contributed by atoms with E-state index in [1.165, 1.54) is 6.92 Å². The normalized spacial score (nSPS) is 16.9. The fourth-order valence-corrected chi connectivity index (χ4v) is 1.40. The van der Waals surface area contributed by atoms with E-state index in [-0.39, 0.29) is 17.7 Å². The third-order valence-electron chi connectivity index (χ3n) is 2.37. The summed E-state index contributed by atoms with van der Waals surface area (Å²) >= 11 is 0. The monoisotopic (exact) mass is 229 g/mol. The van der Waals surface area contributed by atoms with Crippen molar-refractivity contribution in [3.05, 3.63) is 41.5 Å². The maximum absolute atomic E-state index is 11.1. The molecule has 0 N–H and O–H groups in total. The van der Waals surface area contributed by atoms with Gasteiger partial charge in [-0.1, -0.05) is 0 Å². The first-order valence-electron chi connectivity index (χ1n) is 5.16. The van der Waals surface area contributed by atoms with Gasteiger partial charge in [0, 0.05) is 17.2 Å². The third kappa shape index (κ3) is 2.47. The van der Waals surface area contributed by atoms with E-state index in [0.717, 1.165) is 0 Å². The fraction of sp³-hybridized carbons (Fsp3) is 0.154. The Bertz CT molecular complexity index is 538. The van der Waals surface area contributed by atoms with E-state index in [1.807, 2.05) is 0 Å². The molecule has 2 rings (SSSR count). The molecule has 1 aromatic rings. The van der Waals surface area contributed by atoms with Gasteiger partial charge in [-0.15, -0.1) is 0 Å². The van der Waals surface area contributed by atoms with E-state index in [9.17, 15) is 9.59 Å². The molecular weight excluding hydrogens is 218 g/mol. The summed E-state index contributed by atoms with van der Waals surface area (Å²) in [4.78, 5) is 26.3. The van der Waals surface area contributed by atoms with Gasteiger partial charge in [-0.05, 0) is 38.1 Å². The molecule has 1 aromatic carbocycles. The number of carbonyl (C=O) groups excluding carboxylic acids is 2. The molecule has 0 amide bonds. The molecule has 0 bridgehead atoms. The summed E-state index contributed by atoms with van der Waals surface area (Å²) < 4.78 is 4.91. The number of esters is 1. The molecule has 4 heteroatoms. The maximum atomic E-state index is 11.1. The molecule has 17 heavy (non-hydrogen) atoms. The number of hydrogen-bond donors (Lipinski definition) is 0. The van der Waals surface area contributed by atoms with Crippen molar-refractivity contribution in [1.82, 2.24) is 0 Å². The standard InChI is InChI=1S/C13H11NO3/c1-8-7-12(17-13(8)16)14-11-5-3-10(4-6-11)9(2)15/h3-7H,1-2H3. The number of nitrogens with zero attached hydrogens (tertiary/aromatic N) is 1. The minimum absolute atomic E-state index is 0.00670. The summed E-state index contributed by atoms with van der Waals surface area (Å²) in [5, 5.41) is 0. The molecule has 0 fully saturated rings. The van der Waals surface area contributed by atoms with Gasteiger partial charge in [-0.25, -0.2) is 9.79 Å². The first-order valence-corrected chi connectivity index (χ1v) is 5.16. The zero-order valence-electron chi connectivity index (χ0n) is 9.56. The van der Waals surface area contributed by atoms with Crippen LogP contribution in [-0.2, 0) is 9.53 Å². The van der Waals surface area contributed by atoms with E-state index in [4.69, 9.17) is 4.74 Å². The van der Waals surface area contributed by atoms with E-state index < -0.39 is 0 Å². The Labute approximate surface area is 98.6 Å². The minimum atomic E-state index is -0.371. The van der Waals surface area contributed by atoms with E-state index in [1.54, 1.807) is 37.3 Å². The Kier molecular flexibility index (Phi) is 2.87. The van der Waals surface area contributed by atoms with Crippen LogP contribution in [0.1, 0.15) is 24.2 Å². The van der Waals surface area contributed by atoms with Gasteiger partial charge in [0.2, 0.25) is 5.90 Å². The lowest BCUT2D eigenvalue weighted by molar-refractivity contribution is -0.130. The van der Waals surface area contributed by atoms with E-state index in [0.29, 0.717) is 16.8 Å². The maximum Gasteiger partial charge on any atom is 0.340 e. The number of ketones is 1. The molecule has 0 atom stereocenters. The fourth-order valence-electron chi connectivity index (χ4n) is 1.40. The second-order valence-electron chi connectivity index (χ2n) is 3.77. The summed E-state index contributed by atoms with van der Waals surface area (Å²) in [7, 11) is 0. The molecular formula is C13H11NO3. The Morgan fingerprint density at radius 2 is 1.88 bits per heavy atom. The molecule has 0 saturated heterocycles. The summed E-state index contributed by atoms with van der Waals surface area (Å²) in [6.45, 7) is 3.18. The predicted octanol–water partition coefficient (Wildman–Crippen LogP) is 2.42. The zero-order chi connectivity index (χ0) is 12.4. The summed E-state index contributed by atoms with van der Waals surface area (Å²) in [5.41, 5.74) is 1.80. The van der Waals surface area contributed by atoms with Gasteiger partial charge in [0.25, 0.3) is 0 Å². The van der Waals surface area contributed by atoms with Gasteiger partial charge in [0.15, 0.2) is 5.78 Å². The SMILES string of the molecule is CC(=O)c1ccc(N=C2C=C(C)C(=O)O2)cc1. The average Bonchev–Trinajstić information content (AvgIpc) is 2.58. The van der Waals surface area contributed by atoms with Crippen LogP contribution in [0.15, 0.2) is 40.9 Å². The molecule has 0 radical (unpaired) electrons. The molecule has 0 unspecified atom stereocenters. The number of ether oxygens (including phenoxy) is 1. The Morgan fingerprint density at radius 3 is 2.35 bits per heavy atom. The van der Waals surface area contributed by atoms with Gasteiger partial charge in [0.1, 0.15) is 0 Å². The lowest BCUT2D eigenvalue weighted by atomic mass is 10.1. The minimum Gasteiger partial charge on any atom is -0.404 e. The van der Waals surface area contributed by atoms with Crippen molar-refractivity contribution in [1.29, 1.82) is 0 Å². The molecule has 0 aliphatic carbocycles. The average molecular weight is 229 g/mol. The molecule has 1 heterocycles. The van der Waals surface area contributed by atoms with Crippen LogP contribution in [0.25, 0.3) is 0 Å². The van der Waals surface area contributed by atoms with Crippen LogP contribution in [0.3, 0.4) is 0 Å². The first-order chi connectivity index (χ1) is 8.06. The number of cyclic esters (lactones) is 1. The lowest BCUT2D eigenvalue weighted by Gasteiger charge is -1.98. The van der Waals surface area contributed by atoms with Crippen molar-refractivity contribution < 1.29 is 14.3 Å². The van der Waals surface area contributed by atoms with Crippen molar-refractivity contribution >= 4 is 23.3 Å². The van der Waals surface area contributed by atoms with Crippen LogP contribution >= 0.6 is 0 Å². The molecule has 0 saturated carbocycles. The highest BCUT2D eigenvalue weighted by Gasteiger charge is 2.17. The highest BCUT2D eigenvalue weighted by atomic mass is 16.5. The molecule has 0 spiro atoms. The number of carbonyl (C=O) groups is 2. The second kappa shape index (κ2) is 4.33. The van der Waals surface area contributed by atoms with Crippen LogP contribution in [0.4, 0.5) is 5.69 Å². The highest BCUT2D eigenvalue weighted by molar-refractivity contribution is 6.11. The molecule has 1 aliphatic rings. The van der Waals surface area contributed by atoms with Crippen LogP contribution in [-0.4, -0.2) is 17.7 Å². The van der Waals surface area contributed by atoms with Crippen LogP contribution < -0.4 is 0 Å². The number of rotatable bonds is 2. The number of aliphatic imine (C=N–C) groups is 1. The van der Waals surface area contributed by atoms with Crippen molar-refractivity contribution in [2.75, 3.05) is 0 Å². The predicted molar refractivity (Wildman–Crippen MR) is 63.4 cm³/mol. The smallest absolute Gasteiger partial charge is 0.340 e. The van der Waals surface area contributed by atoms with Crippen LogP contribution in [0.5, 0.6) is 0 Å². The quantitative estimate of drug-likeness (QED) is 0.578.